The van der Waals surface area contributed by atoms with E-state index in [0.29, 0.717) is 6.42 Å². The lowest BCUT2D eigenvalue weighted by Gasteiger charge is -2.17. The zero-order chi connectivity index (χ0) is 20.6. The highest BCUT2D eigenvalue weighted by Gasteiger charge is 2.10. The van der Waals surface area contributed by atoms with Crippen molar-refractivity contribution in [2.75, 3.05) is 13.6 Å². The van der Waals surface area contributed by atoms with Crippen LogP contribution in [0.4, 0.5) is 0 Å². The molecule has 0 spiro atoms. The number of carbonyl (C=O) groups excluding carboxylic acids is 1. The SMILES string of the molecule is Cc1ccc(CC(=O)N(C)CCCCCc2cc(-c3ccccc3)n[nH]2)cc1O. The third-order valence-electron chi connectivity index (χ3n) is 5.19. The lowest BCUT2D eigenvalue weighted by molar-refractivity contribution is -0.129. The number of likely N-dealkylation sites (N-methyl/N-ethyl adjacent to an activating group) is 1. The molecule has 0 atom stereocenters. The highest BCUT2D eigenvalue weighted by Crippen LogP contribution is 2.19. The molecule has 29 heavy (non-hydrogen) atoms. The molecule has 0 saturated heterocycles. The Balaban J connectivity index is 1.36. The number of aromatic amines is 1. The zero-order valence-electron chi connectivity index (χ0n) is 17.2. The molecule has 1 aromatic heterocycles. The molecule has 0 aliphatic heterocycles. The highest BCUT2D eigenvalue weighted by atomic mass is 16.3. The van der Waals surface area contributed by atoms with Crippen LogP contribution in [0.3, 0.4) is 0 Å². The number of aromatic nitrogens is 2. The van der Waals surface area contributed by atoms with E-state index in [9.17, 15) is 9.90 Å². The number of nitrogens with zero attached hydrogens (tertiary/aromatic N) is 2. The number of nitrogens with one attached hydrogen (secondary N) is 1. The maximum atomic E-state index is 12.4. The summed E-state index contributed by atoms with van der Waals surface area (Å²) in [7, 11) is 1.84. The fourth-order valence-corrected chi connectivity index (χ4v) is 3.29. The van der Waals surface area contributed by atoms with Crippen LogP contribution < -0.4 is 0 Å². The predicted octanol–water partition coefficient (Wildman–Crippen LogP) is 4.50. The molecular formula is C24H29N3O2. The molecule has 152 valence electrons. The van der Waals surface area contributed by atoms with Crippen molar-refractivity contribution in [2.24, 2.45) is 0 Å². The summed E-state index contributed by atoms with van der Waals surface area (Å²) in [4.78, 5) is 14.1. The van der Waals surface area contributed by atoms with Gasteiger partial charge in [-0.15, -0.1) is 0 Å². The lowest BCUT2D eigenvalue weighted by Crippen LogP contribution is -2.29. The third kappa shape index (κ3) is 5.95. The topological polar surface area (TPSA) is 69.2 Å². The van der Waals surface area contributed by atoms with Crippen LogP contribution in [0.15, 0.2) is 54.6 Å². The van der Waals surface area contributed by atoms with Crippen molar-refractivity contribution in [3.05, 3.63) is 71.4 Å². The fourth-order valence-electron chi connectivity index (χ4n) is 3.29. The van der Waals surface area contributed by atoms with Crippen molar-refractivity contribution in [1.82, 2.24) is 15.1 Å². The van der Waals surface area contributed by atoms with Gasteiger partial charge in [0, 0.05) is 24.8 Å². The first-order chi connectivity index (χ1) is 14.0. The van der Waals surface area contributed by atoms with E-state index in [4.69, 9.17) is 0 Å². The molecule has 1 heterocycles. The Bertz CT molecular complexity index is 934. The van der Waals surface area contributed by atoms with Gasteiger partial charge in [-0.05, 0) is 49.4 Å². The Labute approximate surface area is 172 Å². The van der Waals surface area contributed by atoms with Crippen molar-refractivity contribution >= 4 is 5.91 Å². The summed E-state index contributed by atoms with van der Waals surface area (Å²) >= 11 is 0. The van der Waals surface area contributed by atoms with Gasteiger partial charge in [0.25, 0.3) is 0 Å². The number of unbranched alkanes of at least 4 members (excludes halogenated alkanes) is 2. The molecule has 3 aromatic rings. The molecule has 5 heteroatoms. The number of rotatable bonds is 9. The van der Waals surface area contributed by atoms with Gasteiger partial charge in [0.1, 0.15) is 5.75 Å². The van der Waals surface area contributed by atoms with Crippen LogP contribution in [0.5, 0.6) is 5.75 Å². The molecule has 0 fully saturated rings. The summed E-state index contributed by atoms with van der Waals surface area (Å²) in [5, 5.41) is 17.3. The Kier molecular flexibility index (Phi) is 7.06. The van der Waals surface area contributed by atoms with Crippen LogP contribution in [0.1, 0.15) is 36.1 Å². The Morgan fingerprint density at radius 3 is 2.62 bits per heavy atom. The Morgan fingerprint density at radius 1 is 1.07 bits per heavy atom. The molecule has 0 saturated carbocycles. The van der Waals surface area contributed by atoms with Gasteiger partial charge in [-0.1, -0.05) is 48.9 Å². The first-order valence-electron chi connectivity index (χ1n) is 10.1. The number of carbonyl (C=O) groups is 1. The summed E-state index contributed by atoms with van der Waals surface area (Å²) in [6, 6.07) is 17.7. The summed E-state index contributed by atoms with van der Waals surface area (Å²) in [6.45, 7) is 2.59. The number of benzene rings is 2. The largest absolute Gasteiger partial charge is 0.508 e. The minimum absolute atomic E-state index is 0.0781. The maximum absolute atomic E-state index is 12.4. The van der Waals surface area contributed by atoms with E-state index in [1.54, 1.807) is 11.0 Å². The number of aryl methyl sites for hydroxylation is 2. The number of phenolic OH excluding ortho intramolecular Hbond substituents is 1. The summed E-state index contributed by atoms with van der Waals surface area (Å²) in [5.74, 6) is 0.321. The second-order valence-corrected chi connectivity index (χ2v) is 7.57. The van der Waals surface area contributed by atoms with Gasteiger partial charge in [0.2, 0.25) is 5.91 Å². The summed E-state index contributed by atoms with van der Waals surface area (Å²) in [6.07, 6.45) is 4.37. The first-order valence-corrected chi connectivity index (χ1v) is 10.1. The standard InChI is InChI=1S/C24H29N3O2/c1-18-12-13-19(15-23(18)28)16-24(29)27(2)14-8-4-7-11-21-17-22(26-25-21)20-9-5-3-6-10-20/h3,5-6,9-10,12-13,15,17,28H,4,7-8,11,14,16H2,1-2H3,(H,25,26). The fraction of sp³-hybridized carbons (Fsp3) is 0.333. The van der Waals surface area contributed by atoms with Crippen LogP contribution >= 0.6 is 0 Å². The number of amides is 1. The third-order valence-corrected chi connectivity index (χ3v) is 5.19. The van der Waals surface area contributed by atoms with E-state index < -0.39 is 0 Å². The summed E-state index contributed by atoms with van der Waals surface area (Å²) in [5.41, 5.74) is 4.92. The normalized spacial score (nSPS) is 10.8. The highest BCUT2D eigenvalue weighted by molar-refractivity contribution is 5.78. The van der Waals surface area contributed by atoms with Gasteiger partial charge >= 0.3 is 0 Å². The molecule has 0 aliphatic carbocycles. The van der Waals surface area contributed by atoms with E-state index >= 15 is 0 Å². The van der Waals surface area contributed by atoms with Crippen LogP contribution in [0.2, 0.25) is 0 Å². The van der Waals surface area contributed by atoms with Gasteiger partial charge in [0.05, 0.1) is 12.1 Å². The second kappa shape index (κ2) is 9.92. The molecule has 0 unspecified atom stereocenters. The molecular weight excluding hydrogens is 362 g/mol. The van der Waals surface area contributed by atoms with Gasteiger partial charge in [-0.2, -0.15) is 5.10 Å². The van der Waals surface area contributed by atoms with Gasteiger partial charge in [-0.25, -0.2) is 0 Å². The van der Waals surface area contributed by atoms with E-state index in [1.165, 1.54) is 0 Å². The molecule has 0 aliphatic rings. The summed E-state index contributed by atoms with van der Waals surface area (Å²) < 4.78 is 0. The monoisotopic (exact) mass is 391 g/mol. The van der Waals surface area contributed by atoms with Gasteiger partial charge in [0.15, 0.2) is 0 Å². The van der Waals surface area contributed by atoms with E-state index in [1.807, 2.05) is 44.3 Å². The zero-order valence-corrected chi connectivity index (χ0v) is 17.2. The van der Waals surface area contributed by atoms with Crippen molar-refractivity contribution in [3.8, 4) is 17.0 Å². The maximum Gasteiger partial charge on any atom is 0.226 e. The molecule has 0 radical (unpaired) electrons. The number of H-pyrrole nitrogens is 1. The average molecular weight is 392 g/mol. The molecule has 5 nitrogen and oxygen atoms in total. The number of aromatic hydroxyl groups is 1. The minimum Gasteiger partial charge on any atom is -0.508 e. The minimum atomic E-state index is 0.0781. The predicted molar refractivity (Wildman–Crippen MR) is 116 cm³/mol. The van der Waals surface area contributed by atoms with Crippen LogP contribution in [0, 0.1) is 6.92 Å². The quantitative estimate of drug-likeness (QED) is 0.528. The van der Waals surface area contributed by atoms with Crippen molar-refractivity contribution < 1.29 is 9.90 Å². The Hall–Kier alpha value is -3.08. The number of phenols is 1. The number of hydrogen-bond acceptors (Lipinski definition) is 3. The average Bonchev–Trinajstić information content (AvgIpc) is 3.20. The smallest absolute Gasteiger partial charge is 0.226 e. The first kappa shape index (κ1) is 20.6. The molecule has 2 N–H and O–H groups in total. The second-order valence-electron chi connectivity index (χ2n) is 7.57. The molecule has 3 rings (SSSR count). The van der Waals surface area contributed by atoms with Gasteiger partial charge < -0.3 is 10.0 Å². The molecule has 1 amide bonds. The van der Waals surface area contributed by atoms with Crippen molar-refractivity contribution in [1.29, 1.82) is 0 Å². The Morgan fingerprint density at radius 2 is 1.86 bits per heavy atom. The molecule has 2 aromatic carbocycles. The van der Waals surface area contributed by atoms with E-state index in [2.05, 4.69) is 28.4 Å². The lowest BCUT2D eigenvalue weighted by atomic mass is 10.1. The van der Waals surface area contributed by atoms with Crippen LogP contribution in [-0.2, 0) is 17.6 Å². The number of hydrogen-bond donors (Lipinski definition) is 2. The van der Waals surface area contributed by atoms with E-state index in [-0.39, 0.29) is 11.7 Å². The van der Waals surface area contributed by atoms with Crippen LogP contribution in [0.25, 0.3) is 11.3 Å². The van der Waals surface area contributed by atoms with Gasteiger partial charge in [-0.3, -0.25) is 9.89 Å². The van der Waals surface area contributed by atoms with Crippen LogP contribution in [-0.4, -0.2) is 39.7 Å². The van der Waals surface area contributed by atoms with Crippen molar-refractivity contribution in [3.63, 3.8) is 0 Å². The van der Waals surface area contributed by atoms with E-state index in [0.717, 1.165) is 60.3 Å². The van der Waals surface area contributed by atoms with Crippen molar-refractivity contribution in [2.45, 2.75) is 39.0 Å². The molecule has 0 bridgehead atoms.